The fraction of sp³-hybridized carbons (Fsp3) is 0.148. The summed E-state index contributed by atoms with van der Waals surface area (Å²) in [4.78, 5) is 23.2. The summed E-state index contributed by atoms with van der Waals surface area (Å²) >= 11 is 0. The molecule has 0 aliphatic rings. The van der Waals surface area contributed by atoms with E-state index in [4.69, 9.17) is 34.6 Å². The number of carbonyl (C=O) groups is 1. The second-order valence-corrected chi connectivity index (χ2v) is 8.04. The number of hydrogen-bond acceptors (Lipinski definition) is 8. The molecular formula is C27H25N5O5. The van der Waals surface area contributed by atoms with Gasteiger partial charge in [0.15, 0.2) is 17.1 Å². The van der Waals surface area contributed by atoms with Crippen molar-refractivity contribution in [1.82, 2.24) is 14.5 Å². The minimum Gasteiger partial charge on any atom is -0.497 e. The SMILES string of the molecule is COc1ccc(-n2c(N)c(C(=O)Nc3ccc(OC)c(OC)c3)c3nc4ccccc4nc32)c(OC)c1. The number of nitrogen functional groups attached to an aromatic ring is 1. The van der Waals surface area contributed by atoms with Crippen molar-refractivity contribution >= 4 is 39.6 Å². The Morgan fingerprint density at radius 2 is 1.51 bits per heavy atom. The largest absolute Gasteiger partial charge is 0.497 e. The summed E-state index contributed by atoms with van der Waals surface area (Å²) in [6.07, 6.45) is 0. The number of methoxy groups -OCH3 is 4. The molecule has 0 aliphatic carbocycles. The number of nitrogens with zero attached hydrogens (tertiary/aromatic N) is 3. The van der Waals surface area contributed by atoms with E-state index in [2.05, 4.69) is 5.32 Å². The molecule has 0 aliphatic heterocycles. The van der Waals surface area contributed by atoms with Crippen molar-refractivity contribution in [3.05, 3.63) is 66.2 Å². The van der Waals surface area contributed by atoms with Gasteiger partial charge in [0, 0.05) is 17.8 Å². The Hall–Kier alpha value is -4.99. The molecule has 0 radical (unpaired) electrons. The molecular weight excluding hydrogens is 474 g/mol. The average molecular weight is 500 g/mol. The van der Waals surface area contributed by atoms with Crippen molar-refractivity contribution in [2.24, 2.45) is 0 Å². The van der Waals surface area contributed by atoms with E-state index in [1.54, 1.807) is 62.3 Å². The van der Waals surface area contributed by atoms with Crippen molar-refractivity contribution in [3.8, 4) is 28.7 Å². The summed E-state index contributed by atoms with van der Waals surface area (Å²) in [5.74, 6) is 1.82. The summed E-state index contributed by atoms with van der Waals surface area (Å²) < 4.78 is 23.3. The lowest BCUT2D eigenvalue weighted by Crippen LogP contribution is -2.14. The highest BCUT2D eigenvalue weighted by molar-refractivity contribution is 6.16. The minimum absolute atomic E-state index is 0.159. The molecule has 5 aromatic rings. The van der Waals surface area contributed by atoms with Crippen LogP contribution in [0.15, 0.2) is 60.7 Å². The lowest BCUT2D eigenvalue weighted by Gasteiger charge is -2.14. The number of ether oxygens (including phenoxy) is 4. The molecule has 5 rings (SSSR count). The summed E-state index contributed by atoms with van der Waals surface area (Å²) in [5, 5.41) is 2.89. The van der Waals surface area contributed by atoms with E-state index in [1.165, 1.54) is 7.11 Å². The van der Waals surface area contributed by atoms with Crippen LogP contribution >= 0.6 is 0 Å². The molecule has 0 fully saturated rings. The van der Waals surface area contributed by atoms with E-state index in [-0.39, 0.29) is 11.4 Å². The van der Waals surface area contributed by atoms with E-state index in [0.717, 1.165) is 0 Å². The second kappa shape index (κ2) is 9.57. The van der Waals surface area contributed by atoms with Crippen molar-refractivity contribution < 1.29 is 23.7 Å². The van der Waals surface area contributed by atoms with E-state index in [1.807, 2.05) is 24.3 Å². The molecule has 0 saturated carbocycles. The first-order chi connectivity index (χ1) is 18.0. The third kappa shape index (κ3) is 4.08. The van der Waals surface area contributed by atoms with Crippen molar-refractivity contribution in [2.45, 2.75) is 0 Å². The molecule has 188 valence electrons. The summed E-state index contributed by atoms with van der Waals surface area (Å²) in [6, 6.07) is 17.8. The maximum atomic E-state index is 13.6. The fourth-order valence-electron chi connectivity index (χ4n) is 4.21. The van der Waals surface area contributed by atoms with Crippen molar-refractivity contribution in [1.29, 1.82) is 0 Å². The van der Waals surface area contributed by atoms with Gasteiger partial charge in [0.1, 0.15) is 28.4 Å². The number of nitrogens with one attached hydrogen (secondary N) is 1. The van der Waals surface area contributed by atoms with Crippen LogP contribution in [-0.2, 0) is 0 Å². The van der Waals surface area contributed by atoms with Gasteiger partial charge in [-0.05, 0) is 36.4 Å². The quantitative estimate of drug-likeness (QED) is 0.337. The van der Waals surface area contributed by atoms with Gasteiger partial charge >= 0.3 is 0 Å². The Morgan fingerprint density at radius 3 is 2.19 bits per heavy atom. The predicted octanol–water partition coefficient (Wildman–Crippen LogP) is 4.44. The van der Waals surface area contributed by atoms with Gasteiger partial charge in [-0.1, -0.05) is 12.1 Å². The van der Waals surface area contributed by atoms with E-state index in [9.17, 15) is 4.79 Å². The van der Waals surface area contributed by atoms with Gasteiger partial charge in [-0.15, -0.1) is 0 Å². The number of benzene rings is 3. The third-order valence-corrected chi connectivity index (χ3v) is 5.99. The van der Waals surface area contributed by atoms with Gasteiger partial charge in [-0.3, -0.25) is 9.36 Å². The maximum Gasteiger partial charge on any atom is 0.261 e. The Morgan fingerprint density at radius 1 is 0.811 bits per heavy atom. The zero-order valence-electron chi connectivity index (χ0n) is 20.7. The first kappa shape index (κ1) is 23.7. The van der Waals surface area contributed by atoms with Gasteiger partial charge in [0.25, 0.3) is 5.91 Å². The minimum atomic E-state index is -0.453. The highest BCUT2D eigenvalue weighted by Crippen LogP contribution is 2.37. The van der Waals surface area contributed by atoms with Crippen LogP contribution in [0.1, 0.15) is 10.4 Å². The van der Waals surface area contributed by atoms with Crippen LogP contribution in [0.3, 0.4) is 0 Å². The molecule has 2 heterocycles. The van der Waals surface area contributed by atoms with Crippen molar-refractivity contribution in [3.63, 3.8) is 0 Å². The normalized spacial score (nSPS) is 10.9. The summed E-state index contributed by atoms with van der Waals surface area (Å²) in [6.45, 7) is 0. The molecule has 0 bridgehead atoms. The Balaban J connectivity index is 1.71. The van der Waals surface area contributed by atoms with Crippen LogP contribution in [0.4, 0.5) is 11.5 Å². The molecule has 1 amide bonds. The molecule has 0 unspecified atom stereocenters. The number of amides is 1. The molecule has 3 aromatic carbocycles. The predicted molar refractivity (Wildman–Crippen MR) is 141 cm³/mol. The highest BCUT2D eigenvalue weighted by atomic mass is 16.5. The van der Waals surface area contributed by atoms with Crippen LogP contribution in [-0.4, -0.2) is 48.9 Å². The summed E-state index contributed by atoms with van der Waals surface area (Å²) in [7, 11) is 6.19. The molecule has 0 spiro atoms. The van der Waals surface area contributed by atoms with Gasteiger partial charge in [0.05, 0.1) is 45.2 Å². The standard InChI is InChI=1S/C27H25N5O5/c1-34-16-10-11-19(21(14-16)36-3)32-25(28)23(24-26(32)31-18-8-6-5-7-17(18)30-24)27(33)29-15-9-12-20(35-2)22(13-15)37-4/h5-14H,28H2,1-4H3,(H,29,33). The first-order valence-corrected chi connectivity index (χ1v) is 11.3. The number of fused-ring (bicyclic) bond motifs is 2. The van der Waals surface area contributed by atoms with E-state index in [0.29, 0.717) is 56.6 Å². The van der Waals surface area contributed by atoms with Crippen LogP contribution in [0.25, 0.3) is 27.9 Å². The Labute approximate surface area is 212 Å². The number of rotatable bonds is 7. The number of hydrogen-bond donors (Lipinski definition) is 2. The fourth-order valence-corrected chi connectivity index (χ4v) is 4.21. The highest BCUT2D eigenvalue weighted by Gasteiger charge is 2.26. The van der Waals surface area contributed by atoms with E-state index < -0.39 is 5.91 Å². The van der Waals surface area contributed by atoms with Crippen molar-refractivity contribution in [2.75, 3.05) is 39.5 Å². The average Bonchev–Trinajstić information content (AvgIpc) is 3.21. The first-order valence-electron chi connectivity index (χ1n) is 11.3. The van der Waals surface area contributed by atoms with Gasteiger partial charge in [-0.25, -0.2) is 9.97 Å². The Bertz CT molecular complexity index is 1650. The number of nitrogens with two attached hydrogens (primary N) is 1. The van der Waals surface area contributed by atoms with E-state index >= 15 is 0 Å². The second-order valence-electron chi connectivity index (χ2n) is 8.04. The van der Waals surface area contributed by atoms with Gasteiger partial charge in [-0.2, -0.15) is 0 Å². The number of carbonyl (C=O) groups excluding carboxylic acids is 1. The molecule has 2 aromatic heterocycles. The zero-order chi connectivity index (χ0) is 26.1. The lowest BCUT2D eigenvalue weighted by atomic mass is 10.2. The number of anilines is 2. The molecule has 0 saturated heterocycles. The van der Waals surface area contributed by atoms with Crippen LogP contribution in [0.5, 0.6) is 23.0 Å². The third-order valence-electron chi connectivity index (χ3n) is 5.99. The molecule has 37 heavy (non-hydrogen) atoms. The smallest absolute Gasteiger partial charge is 0.261 e. The number of aromatic nitrogens is 3. The summed E-state index contributed by atoms with van der Waals surface area (Å²) in [5.41, 5.74) is 9.98. The maximum absolute atomic E-state index is 13.6. The van der Waals surface area contributed by atoms with Gasteiger partial charge < -0.3 is 30.0 Å². The monoisotopic (exact) mass is 499 g/mol. The molecule has 10 nitrogen and oxygen atoms in total. The van der Waals surface area contributed by atoms with Crippen LogP contribution in [0.2, 0.25) is 0 Å². The lowest BCUT2D eigenvalue weighted by molar-refractivity contribution is 0.102. The van der Waals surface area contributed by atoms with Crippen LogP contribution in [0, 0.1) is 0 Å². The van der Waals surface area contributed by atoms with Gasteiger partial charge in [0.2, 0.25) is 0 Å². The topological polar surface area (TPSA) is 123 Å². The molecule has 0 atom stereocenters. The number of para-hydroxylation sites is 2. The molecule has 3 N–H and O–H groups in total. The van der Waals surface area contributed by atoms with Crippen LogP contribution < -0.4 is 30.0 Å². The zero-order valence-corrected chi connectivity index (χ0v) is 20.7. The Kier molecular flexibility index (Phi) is 6.14. The molecule has 10 heteroatoms.